The Balaban J connectivity index is 1.39. The van der Waals surface area contributed by atoms with E-state index in [9.17, 15) is 8.42 Å². The molecular weight excluding hydrogens is 416 g/mol. The Labute approximate surface area is 180 Å². The summed E-state index contributed by atoms with van der Waals surface area (Å²) in [6, 6.07) is 5.75. The van der Waals surface area contributed by atoms with Crippen molar-refractivity contribution in [3.63, 3.8) is 0 Å². The van der Waals surface area contributed by atoms with Crippen molar-refractivity contribution in [2.75, 3.05) is 56.2 Å². The zero-order chi connectivity index (χ0) is 21.6. The molecule has 2 aliphatic rings. The quantitative estimate of drug-likeness (QED) is 0.646. The number of anilines is 3. The largest absolute Gasteiger partial charge is 0.368 e. The van der Waals surface area contributed by atoms with Crippen LogP contribution in [0.15, 0.2) is 35.6 Å². The first-order chi connectivity index (χ1) is 14.9. The maximum atomic E-state index is 12.1. The fourth-order valence-corrected chi connectivity index (χ4v) is 4.84. The van der Waals surface area contributed by atoms with Crippen LogP contribution in [-0.2, 0) is 16.4 Å². The first-order valence-corrected chi connectivity index (χ1v) is 12.1. The summed E-state index contributed by atoms with van der Waals surface area (Å²) in [7, 11) is -1.28. The highest BCUT2D eigenvalue weighted by molar-refractivity contribution is 8.06. The van der Waals surface area contributed by atoms with Crippen molar-refractivity contribution in [1.29, 1.82) is 0 Å². The normalized spacial score (nSPS) is 17.5. The second-order valence-corrected chi connectivity index (χ2v) is 9.86. The summed E-state index contributed by atoms with van der Waals surface area (Å²) in [5, 5.41) is 4.03. The lowest BCUT2D eigenvalue weighted by molar-refractivity contribution is 0.313. The van der Waals surface area contributed by atoms with E-state index < -0.39 is 9.84 Å². The molecule has 0 saturated carbocycles. The molecular formula is C20H24N8O2S. The van der Waals surface area contributed by atoms with Gasteiger partial charge in [-0.2, -0.15) is 4.98 Å². The Kier molecular flexibility index (Phi) is 4.86. The van der Waals surface area contributed by atoms with Gasteiger partial charge >= 0.3 is 0 Å². The lowest BCUT2D eigenvalue weighted by Gasteiger charge is -2.33. The highest BCUT2D eigenvalue weighted by atomic mass is 32.2. The molecule has 0 aromatic carbocycles. The summed E-state index contributed by atoms with van der Waals surface area (Å²) >= 11 is 0. The van der Waals surface area contributed by atoms with Crippen molar-refractivity contribution in [3.8, 4) is 0 Å². The van der Waals surface area contributed by atoms with Crippen molar-refractivity contribution in [2.24, 2.45) is 4.99 Å². The Morgan fingerprint density at radius 2 is 1.84 bits per heavy atom. The van der Waals surface area contributed by atoms with E-state index in [4.69, 9.17) is 0 Å². The summed E-state index contributed by atoms with van der Waals surface area (Å²) in [5.41, 5.74) is 2.34. The summed E-state index contributed by atoms with van der Waals surface area (Å²) in [4.78, 5) is 22.4. The number of likely N-dealkylation sites (N-methyl/N-ethyl adjacent to an activating group) is 1. The lowest BCUT2D eigenvalue weighted by atomic mass is 10.3. The Bertz CT molecular complexity index is 1260. The molecule has 0 amide bonds. The molecule has 0 aliphatic carbocycles. The first kappa shape index (κ1) is 19.9. The zero-order valence-corrected chi connectivity index (χ0v) is 18.3. The van der Waals surface area contributed by atoms with Crippen LogP contribution in [0.1, 0.15) is 5.69 Å². The molecule has 162 valence electrons. The highest BCUT2D eigenvalue weighted by Gasteiger charge is 2.25. The number of piperazine rings is 1. The van der Waals surface area contributed by atoms with Crippen LogP contribution in [-0.4, -0.2) is 83.9 Å². The predicted molar refractivity (Wildman–Crippen MR) is 121 cm³/mol. The molecule has 0 spiro atoms. The maximum Gasteiger partial charge on any atom is 0.230 e. The molecule has 11 heteroatoms. The number of aromatic nitrogens is 4. The number of pyridine rings is 1. The molecule has 1 fully saturated rings. The van der Waals surface area contributed by atoms with Gasteiger partial charge in [0.25, 0.3) is 0 Å². The van der Waals surface area contributed by atoms with Gasteiger partial charge in [0, 0.05) is 50.6 Å². The Hall–Kier alpha value is -3.05. The van der Waals surface area contributed by atoms with Crippen molar-refractivity contribution in [1.82, 2.24) is 24.4 Å². The van der Waals surface area contributed by atoms with Crippen LogP contribution < -0.4 is 10.2 Å². The van der Waals surface area contributed by atoms with Crippen LogP contribution >= 0.6 is 0 Å². The van der Waals surface area contributed by atoms with Gasteiger partial charge in [-0.1, -0.05) is 0 Å². The van der Waals surface area contributed by atoms with Gasteiger partial charge in [0.1, 0.15) is 11.5 Å². The molecule has 3 aromatic heterocycles. The lowest BCUT2D eigenvalue weighted by Crippen LogP contribution is -2.44. The fraction of sp³-hybridized carbons (Fsp3) is 0.400. The van der Waals surface area contributed by atoms with Gasteiger partial charge < -0.3 is 19.7 Å². The van der Waals surface area contributed by atoms with E-state index >= 15 is 0 Å². The second-order valence-electron chi connectivity index (χ2n) is 7.93. The van der Waals surface area contributed by atoms with Crippen LogP contribution in [0.2, 0.25) is 0 Å². The molecule has 1 saturated heterocycles. The molecule has 0 bridgehead atoms. The van der Waals surface area contributed by atoms with Gasteiger partial charge in [0.2, 0.25) is 5.95 Å². The van der Waals surface area contributed by atoms with Crippen LogP contribution in [0.5, 0.6) is 0 Å². The molecule has 3 aromatic rings. The van der Waals surface area contributed by atoms with Gasteiger partial charge in [-0.25, -0.2) is 18.4 Å². The third-order valence-electron chi connectivity index (χ3n) is 5.64. The molecule has 0 atom stereocenters. The molecule has 2 aliphatic heterocycles. The van der Waals surface area contributed by atoms with Gasteiger partial charge in [0.05, 0.1) is 24.1 Å². The molecule has 10 nitrogen and oxygen atoms in total. The van der Waals surface area contributed by atoms with Gasteiger partial charge in [-0.05, 0) is 25.2 Å². The number of hydrogen-bond donors (Lipinski definition) is 1. The summed E-state index contributed by atoms with van der Waals surface area (Å²) in [6.45, 7) is 5.04. The summed E-state index contributed by atoms with van der Waals surface area (Å²) < 4.78 is 26.1. The molecule has 1 N–H and O–H groups in total. The predicted octanol–water partition coefficient (Wildman–Crippen LogP) is 1.13. The van der Waals surface area contributed by atoms with E-state index in [1.54, 1.807) is 12.3 Å². The Morgan fingerprint density at radius 3 is 2.55 bits per heavy atom. The minimum atomic E-state index is -3.41. The van der Waals surface area contributed by atoms with Crippen LogP contribution in [0.4, 0.5) is 17.5 Å². The topological polar surface area (TPSA) is 109 Å². The van der Waals surface area contributed by atoms with E-state index in [0.717, 1.165) is 37.3 Å². The molecule has 0 unspecified atom stereocenters. The van der Waals surface area contributed by atoms with Gasteiger partial charge in [-0.15, -0.1) is 0 Å². The van der Waals surface area contributed by atoms with E-state index in [0.29, 0.717) is 36.2 Å². The minimum Gasteiger partial charge on any atom is -0.368 e. The number of hydrogen-bond acceptors (Lipinski definition) is 9. The number of sulfone groups is 1. The third kappa shape index (κ3) is 3.86. The SMILES string of the molecule is CN1CCN(c2ccc(Nc3ncc4cc5n(c4n3)CCN=C5S(C)(=O)=O)nc2)CC1. The van der Waals surface area contributed by atoms with Crippen molar-refractivity contribution in [3.05, 3.63) is 36.3 Å². The minimum absolute atomic E-state index is 0.104. The van der Waals surface area contributed by atoms with E-state index in [1.807, 2.05) is 22.9 Å². The van der Waals surface area contributed by atoms with Gasteiger partial charge in [0.15, 0.2) is 14.9 Å². The van der Waals surface area contributed by atoms with E-state index in [2.05, 4.69) is 42.1 Å². The number of aliphatic imine (C=N–C) groups is 1. The van der Waals surface area contributed by atoms with Crippen LogP contribution in [0.3, 0.4) is 0 Å². The number of nitrogens with one attached hydrogen (secondary N) is 1. The molecule has 5 rings (SSSR count). The smallest absolute Gasteiger partial charge is 0.230 e. The standard InChI is InChI=1S/C20H24N8O2S/c1-26-7-9-27(10-8-26)15-3-4-17(22-13-15)24-20-23-12-14-11-16-19(31(2,29)30)21-5-6-28(16)18(14)25-20/h3-4,11-13H,5-10H2,1-2H3,(H,22,23,24,25). The molecule has 0 radical (unpaired) electrons. The molecule has 31 heavy (non-hydrogen) atoms. The summed E-state index contributed by atoms with van der Waals surface area (Å²) in [6.07, 6.45) is 4.73. The monoisotopic (exact) mass is 440 g/mol. The average molecular weight is 441 g/mol. The average Bonchev–Trinajstić information content (AvgIpc) is 3.12. The highest BCUT2D eigenvalue weighted by Crippen LogP contribution is 2.24. The zero-order valence-electron chi connectivity index (χ0n) is 17.5. The van der Waals surface area contributed by atoms with Crippen LogP contribution in [0, 0.1) is 0 Å². The van der Waals surface area contributed by atoms with Crippen LogP contribution in [0.25, 0.3) is 11.0 Å². The van der Waals surface area contributed by atoms with Crippen molar-refractivity contribution < 1.29 is 8.42 Å². The van der Waals surface area contributed by atoms with Crippen molar-refractivity contribution in [2.45, 2.75) is 6.54 Å². The number of nitrogens with zero attached hydrogens (tertiary/aromatic N) is 7. The second kappa shape index (κ2) is 7.57. The fourth-order valence-electron chi connectivity index (χ4n) is 3.97. The van der Waals surface area contributed by atoms with E-state index in [1.165, 1.54) is 6.26 Å². The first-order valence-electron chi connectivity index (χ1n) is 10.2. The number of rotatable bonds is 3. The third-order valence-corrected chi connectivity index (χ3v) is 6.68. The maximum absolute atomic E-state index is 12.1. The van der Waals surface area contributed by atoms with Gasteiger partial charge in [-0.3, -0.25) is 4.99 Å². The molecule has 5 heterocycles. The number of fused-ring (bicyclic) bond motifs is 3. The summed E-state index contributed by atoms with van der Waals surface area (Å²) in [5.74, 6) is 1.07. The van der Waals surface area contributed by atoms with Crippen molar-refractivity contribution >= 4 is 43.4 Å². The van der Waals surface area contributed by atoms with E-state index in [-0.39, 0.29) is 5.04 Å². The Morgan fingerprint density at radius 1 is 1.03 bits per heavy atom.